The summed E-state index contributed by atoms with van der Waals surface area (Å²) >= 11 is 7.12. The van der Waals surface area contributed by atoms with Crippen molar-refractivity contribution >= 4 is 63.8 Å². The summed E-state index contributed by atoms with van der Waals surface area (Å²) in [5.41, 5.74) is 2.63. The predicted octanol–water partition coefficient (Wildman–Crippen LogP) is 5.35. The van der Waals surface area contributed by atoms with Gasteiger partial charge in [-0.3, -0.25) is 24.1 Å². The van der Waals surface area contributed by atoms with E-state index in [-0.39, 0.29) is 33.9 Å². The van der Waals surface area contributed by atoms with Gasteiger partial charge < -0.3 is 20.1 Å². The van der Waals surface area contributed by atoms with Gasteiger partial charge >= 0.3 is 0 Å². The monoisotopic (exact) mass is 565 g/mol. The zero-order valence-electron chi connectivity index (χ0n) is 21.0. The van der Waals surface area contributed by atoms with E-state index in [2.05, 4.69) is 10.6 Å². The Bertz CT molecular complexity index is 1460. The first-order chi connectivity index (χ1) is 18.7. The maximum atomic E-state index is 12.9. The average Bonchev–Trinajstić information content (AvgIpc) is 3.15. The number of para-hydroxylation sites is 1. The van der Waals surface area contributed by atoms with Gasteiger partial charge in [-0.2, -0.15) is 0 Å². The summed E-state index contributed by atoms with van der Waals surface area (Å²) < 4.78 is 11.0. The van der Waals surface area contributed by atoms with Gasteiger partial charge in [-0.15, -0.1) is 0 Å². The second kappa shape index (κ2) is 12.5. The molecule has 0 bridgehead atoms. The number of anilines is 2. The number of imide groups is 1. The quantitative estimate of drug-likeness (QED) is 0.336. The Morgan fingerprint density at radius 2 is 1.69 bits per heavy atom. The molecule has 0 aliphatic carbocycles. The largest absolute Gasteiger partial charge is 0.493 e. The van der Waals surface area contributed by atoms with Gasteiger partial charge in [-0.05, 0) is 72.3 Å². The van der Waals surface area contributed by atoms with Gasteiger partial charge in [-0.1, -0.05) is 41.9 Å². The van der Waals surface area contributed by atoms with Gasteiger partial charge in [-0.25, -0.2) is 0 Å². The van der Waals surface area contributed by atoms with Crippen LogP contribution in [-0.2, 0) is 14.4 Å². The summed E-state index contributed by atoms with van der Waals surface area (Å²) in [6.07, 6.45) is 1.48. The van der Waals surface area contributed by atoms with Crippen LogP contribution in [0.25, 0.3) is 6.08 Å². The Morgan fingerprint density at radius 3 is 2.41 bits per heavy atom. The Balaban J connectivity index is 1.42. The molecule has 0 unspecified atom stereocenters. The lowest BCUT2D eigenvalue weighted by atomic mass is 10.1. The molecule has 1 aliphatic rings. The summed E-state index contributed by atoms with van der Waals surface area (Å²) in [6, 6.07) is 19.2. The van der Waals surface area contributed by atoms with Crippen molar-refractivity contribution in [2.75, 3.05) is 30.9 Å². The molecular formula is C28H24ClN3O6S. The first-order valence-corrected chi connectivity index (χ1v) is 12.9. The van der Waals surface area contributed by atoms with E-state index in [4.69, 9.17) is 21.1 Å². The van der Waals surface area contributed by atoms with Gasteiger partial charge in [0.1, 0.15) is 6.54 Å². The molecule has 3 aromatic carbocycles. The summed E-state index contributed by atoms with van der Waals surface area (Å²) in [6.45, 7) is 1.16. The molecule has 3 aromatic rings. The summed E-state index contributed by atoms with van der Waals surface area (Å²) in [5.74, 6) is -1.09. The molecule has 2 N–H and O–H groups in total. The van der Waals surface area contributed by atoms with Crippen LogP contribution in [0.4, 0.5) is 16.2 Å². The number of carbonyl (C=O) groups is 4. The Morgan fingerprint density at radius 1 is 0.974 bits per heavy atom. The maximum Gasteiger partial charge on any atom is 0.294 e. The first kappa shape index (κ1) is 27.7. The molecule has 200 valence electrons. The van der Waals surface area contributed by atoms with Crippen LogP contribution in [0.2, 0.25) is 5.02 Å². The number of thioether (sulfide) groups is 1. The van der Waals surface area contributed by atoms with Crippen LogP contribution >= 0.6 is 23.4 Å². The molecule has 0 aromatic heterocycles. The van der Waals surface area contributed by atoms with Crippen molar-refractivity contribution in [1.29, 1.82) is 0 Å². The number of nitrogens with zero attached hydrogens (tertiary/aromatic N) is 1. The number of methoxy groups -OCH3 is 1. The van der Waals surface area contributed by atoms with Crippen molar-refractivity contribution in [3.05, 3.63) is 87.8 Å². The van der Waals surface area contributed by atoms with Crippen LogP contribution in [-0.4, -0.2) is 48.1 Å². The van der Waals surface area contributed by atoms with Gasteiger partial charge in [0.25, 0.3) is 17.1 Å². The number of benzene rings is 3. The number of aryl methyl sites for hydroxylation is 1. The van der Waals surface area contributed by atoms with Gasteiger partial charge in [0.15, 0.2) is 18.1 Å². The van der Waals surface area contributed by atoms with Crippen molar-refractivity contribution in [2.24, 2.45) is 0 Å². The second-order valence-corrected chi connectivity index (χ2v) is 9.82. The molecule has 11 heteroatoms. The molecule has 0 atom stereocenters. The smallest absolute Gasteiger partial charge is 0.294 e. The summed E-state index contributed by atoms with van der Waals surface area (Å²) in [4.78, 5) is 51.1. The number of nitrogens with one attached hydrogen (secondary N) is 2. The molecule has 0 radical (unpaired) electrons. The molecule has 1 aliphatic heterocycles. The SMILES string of the molecule is COc1cc(/C=C2\SC(=O)N(CC(=O)Nc3cccc(C)c3)C2=O)cc(Cl)c1OCC(=O)Nc1ccccc1. The average molecular weight is 566 g/mol. The number of ether oxygens (including phenoxy) is 2. The van der Waals surface area contributed by atoms with E-state index >= 15 is 0 Å². The number of amides is 4. The van der Waals surface area contributed by atoms with Crippen LogP contribution in [0.3, 0.4) is 0 Å². The minimum Gasteiger partial charge on any atom is -0.493 e. The predicted molar refractivity (Wildman–Crippen MR) is 151 cm³/mol. The van der Waals surface area contributed by atoms with Crippen molar-refractivity contribution in [3.63, 3.8) is 0 Å². The molecule has 4 rings (SSSR count). The third-order valence-electron chi connectivity index (χ3n) is 5.43. The highest BCUT2D eigenvalue weighted by atomic mass is 35.5. The van der Waals surface area contributed by atoms with Crippen LogP contribution in [0.15, 0.2) is 71.6 Å². The van der Waals surface area contributed by atoms with Gasteiger partial charge in [0.2, 0.25) is 5.91 Å². The molecule has 9 nitrogen and oxygen atoms in total. The first-order valence-electron chi connectivity index (χ1n) is 11.7. The number of halogens is 1. The van der Waals surface area contributed by atoms with Gasteiger partial charge in [0, 0.05) is 11.4 Å². The summed E-state index contributed by atoms with van der Waals surface area (Å²) in [5, 5.41) is 4.98. The minimum absolute atomic E-state index is 0.123. The fourth-order valence-electron chi connectivity index (χ4n) is 3.67. The standard InChI is InChI=1S/C28H24ClN3O6S/c1-17-7-6-10-20(11-17)31-24(33)15-32-27(35)23(39-28(32)36)14-18-12-21(29)26(22(13-18)37-2)38-16-25(34)30-19-8-4-3-5-9-19/h3-14H,15-16H2,1-2H3,(H,30,34)(H,31,33)/b23-14-. The highest BCUT2D eigenvalue weighted by Gasteiger charge is 2.36. The normalized spacial score (nSPS) is 13.9. The molecule has 1 fully saturated rings. The lowest BCUT2D eigenvalue weighted by molar-refractivity contribution is -0.127. The molecular weight excluding hydrogens is 542 g/mol. The molecule has 39 heavy (non-hydrogen) atoms. The van der Waals surface area contributed by atoms with E-state index in [1.807, 2.05) is 19.1 Å². The Kier molecular flexibility index (Phi) is 8.90. The third kappa shape index (κ3) is 7.18. The molecule has 1 heterocycles. The summed E-state index contributed by atoms with van der Waals surface area (Å²) in [7, 11) is 1.41. The zero-order valence-corrected chi connectivity index (χ0v) is 22.6. The van der Waals surface area contributed by atoms with Crippen molar-refractivity contribution in [1.82, 2.24) is 4.90 Å². The number of rotatable bonds is 9. The topological polar surface area (TPSA) is 114 Å². The van der Waals surface area contributed by atoms with E-state index in [0.29, 0.717) is 28.7 Å². The van der Waals surface area contributed by atoms with E-state index in [1.54, 1.807) is 48.5 Å². The van der Waals surface area contributed by atoms with Crippen LogP contribution in [0, 0.1) is 6.92 Å². The third-order valence-corrected chi connectivity index (χ3v) is 6.62. The number of hydrogen-bond acceptors (Lipinski definition) is 7. The van der Waals surface area contributed by atoms with Crippen LogP contribution in [0.1, 0.15) is 11.1 Å². The van der Waals surface area contributed by atoms with E-state index in [1.165, 1.54) is 19.3 Å². The molecule has 0 spiro atoms. The highest BCUT2D eigenvalue weighted by molar-refractivity contribution is 8.18. The van der Waals surface area contributed by atoms with E-state index < -0.39 is 23.6 Å². The van der Waals surface area contributed by atoms with Crippen molar-refractivity contribution in [3.8, 4) is 11.5 Å². The Hall–Kier alpha value is -4.28. The molecule has 4 amide bonds. The zero-order chi connectivity index (χ0) is 27.9. The number of hydrogen-bond donors (Lipinski definition) is 2. The van der Waals surface area contributed by atoms with Crippen LogP contribution < -0.4 is 20.1 Å². The van der Waals surface area contributed by atoms with Crippen molar-refractivity contribution in [2.45, 2.75) is 6.92 Å². The molecule has 0 saturated carbocycles. The second-order valence-electron chi connectivity index (χ2n) is 8.42. The van der Waals surface area contributed by atoms with E-state index in [0.717, 1.165) is 10.5 Å². The van der Waals surface area contributed by atoms with Gasteiger partial charge in [0.05, 0.1) is 17.0 Å². The maximum absolute atomic E-state index is 12.9. The fourth-order valence-corrected chi connectivity index (χ4v) is 4.79. The van der Waals surface area contributed by atoms with E-state index in [9.17, 15) is 19.2 Å². The molecule has 1 saturated heterocycles. The number of carbonyl (C=O) groups excluding carboxylic acids is 4. The lowest BCUT2D eigenvalue weighted by Gasteiger charge is -2.14. The lowest BCUT2D eigenvalue weighted by Crippen LogP contribution is -2.36. The fraction of sp³-hybridized carbons (Fsp3) is 0.143. The Labute approximate surface area is 234 Å². The van der Waals surface area contributed by atoms with Crippen molar-refractivity contribution < 1.29 is 28.7 Å². The van der Waals surface area contributed by atoms with Crippen LogP contribution in [0.5, 0.6) is 11.5 Å². The minimum atomic E-state index is -0.600. The highest BCUT2D eigenvalue weighted by Crippen LogP contribution is 2.39.